The lowest BCUT2D eigenvalue weighted by molar-refractivity contribution is 0.570. The monoisotopic (exact) mass is 359 g/mol. The van der Waals surface area contributed by atoms with E-state index in [1.807, 2.05) is 6.07 Å². The van der Waals surface area contributed by atoms with Crippen LogP contribution in [0, 0.1) is 11.6 Å². The zero-order valence-corrected chi connectivity index (χ0v) is 13.1. The number of rotatable bonds is 4. The highest BCUT2D eigenvalue weighted by atomic mass is 79.9. The molecule has 0 saturated heterocycles. The van der Waals surface area contributed by atoms with Crippen LogP contribution in [0.4, 0.5) is 8.78 Å². The quantitative estimate of drug-likeness (QED) is 0.819. The first-order chi connectivity index (χ1) is 9.54. The zero-order chi connectivity index (χ0) is 14.7. The number of halogens is 4. The van der Waals surface area contributed by atoms with E-state index in [0.29, 0.717) is 16.5 Å². The molecule has 5 heteroatoms. The summed E-state index contributed by atoms with van der Waals surface area (Å²) in [6, 6.07) is 9.35. The Kier molecular flexibility index (Phi) is 5.13. The summed E-state index contributed by atoms with van der Waals surface area (Å²) in [5, 5.41) is 3.18. The molecule has 0 aliphatic heterocycles. The smallest absolute Gasteiger partial charge is 0.142 e. The molecule has 0 radical (unpaired) electrons. The molecular weight excluding hydrogens is 348 g/mol. The first kappa shape index (κ1) is 15.4. The van der Waals surface area contributed by atoms with Crippen LogP contribution in [0.15, 0.2) is 40.9 Å². The average molecular weight is 361 g/mol. The fraction of sp³-hybridized carbons (Fsp3) is 0.200. The summed E-state index contributed by atoms with van der Waals surface area (Å²) in [5.74, 6) is -0.773. The van der Waals surface area contributed by atoms with Gasteiger partial charge in [0.2, 0.25) is 0 Å². The molecule has 0 bridgehead atoms. The molecule has 2 aromatic rings. The topological polar surface area (TPSA) is 12.0 Å². The van der Waals surface area contributed by atoms with E-state index in [0.717, 1.165) is 5.56 Å². The number of hydrogen-bond acceptors (Lipinski definition) is 1. The van der Waals surface area contributed by atoms with Gasteiger partial charge < -0.3 is 5.32 Å². The molecule has 2 aromatic carbocycles. The van der Waals surface area contributed by atoms with Gasteiger partial charge in [-0.2, -0.15) is 0 Å². The number of nitrogens with one attached hydrogen (secondary N) is 1. The minimum absolute atomic E-state index is 0.0966. The first-order valence-electron chi connectivity index (χ1n) is 6.08. The van der Waals surface area contributed by atoms with Crippen LogP contribution >= 0.6 is 27.5 Å². The van der Waals surface area contributed by atoms with E-state index in [4.69, 9.17) is 11.6 Å². The predicted molar refractivity (Wildman–Crippen MR) is 81.0 cm³/mol. The summed E-state index contributed by atoms with van der Waals surface area (Å²) < 4.78 is 27.5. The van der Waals surface area contributed by atoms with Gasteiger partial charge in [0.05, 0.1) is 9.50 Å². The van der Waals surface area contributed by atoms with Gasteiger partial charge in [-0.3, -0.25) is 0 Å². The Hall–Kier alpha value is -0.970. The molecule has 0 heterocycles. The van der Waals surface area contributed by atoms with Gasteiger partial charge in [0.15, 0.2) is 0 Å². The van der Waals surface area contributed by atoms with Crippen molar-refractivity contribution in [2.45, 2.75) is 12.5 Å². The van der Waals surface area contributed by atoms with Gasteiger partial charge >= 0.3 is 0 Å². The molecule has 0 aliphatic rings. The van der Waals surface area contributed by atoms with Gasteiger partial charge in [0.1, 0.15) is 11.6 Å². The van der Waals surface area contributed by atoms with Gasteiger partial charge in [-0.1, -0.05) is 35.9 Å². The molecular formula is C15H13BrClF2N. The zero-order valence-electron chi connectivity index (χ0n) is 10.8. The summed E-state index contributed by atoms with van der Waals surface area (Å²) in [5.41, 5.74) is 1.45. The van der Waals surface area contributed by atoms with Crippen molar-refractivity contribution in [3.05, 3.63) is 68.7 Å². The van der Waals surface area contributed by atoms with Gasteiger partial charge in [0, 0.05) is 6.04 Å². The SMILES string of the molecule is CNC(Cc1cccc(F)c1Br)c1cccc(F)c1Cl. The summed E-state index contributed by atoms with van der Waals surface area (Å²) in [4.78, 5) is 0. The molecule has 0 spiro atoms. The summed E-state index contributed by atoms with van der Waals surface area (Å²) in [6.45, 7) is 0. The van der Waals surface area contributed by atoms with Crippen LogP contribution in [0.25, 0.3) is 0 Å². The Morgan fingerprint density at radius 1 is 1.15 bits per heavy atom. The van der Waals surface area contributed by atoms with Crippen molar-refractivity contribution in [3.63, 3.8) is 0 Å². The lowest BCUT2D eigenvalue weighted by Gasteiger charge is -2.19. The highest BCUT2D eigenvalue weighted by molar-refractivity contribution is 9.10. The first-order valence-corrected chi connectivity index (χ1v) is 7.25. The molecule has 0 fully saturated rings. The summed E-state index contributed by atoms with van der Waals surface area (Å²) in [6.07, 6.45) is 0.498. The summed E-state index contributed by atoms with van der Waals surface area (Å²) in [7, 11) is 1.76. The minimum Gasteiger partial charge on any atom is -0.313 e. The van der Waals surface area contributed by atoms with Gasteiger partial charge in [-0.15, -0.1) is 0 Å². The van der Waals surface area contributed by atoms with Crippen LogP contribution in [0.3, 0.4) is 0 Å². The van der Waals surface area contributed by atoms with Crippen molar-refractivity contribution in [2.24, 2.45) is 0 Å². The third-order valence-electron chi connectivity index (χ3n) is 3.16. The largest absolute Gasteiger partial charge is 0.313 e. The number of likely N-dealkylation sites (N-methyl/N-ethyl adjacent to an activating group) is 1. The molecule has 1 N–H and O–H groups in total. The van der Waals surface area contributed by atoms with E-state index < -0.39 is 5.82 Å². The van der Waals surface area contributed by atoms with Crippen molar-refractivity contribution in [1.82, 2.24) is 5.32 Å². The van der Waals surface area contributed by atoms with Crippen molar-refractivity contribution in [3.8, 4) is 0 Å². The molecule has 0 saturated carbocycles. The maximum Gasteiger partial charge on any atom is 0.142 e. The molecule has 1 unspecified atom stereocenters. The van der Waals surface area contributed by atoms with E-state index in [2.05, 4.69) is 21.2 Å². The molecule has 0 aliphatic carbocycles. The van der Waals surface area contributed by atoms with E-state index >= 15 is 0 Å². The molecule has 0 aromatic heterocycles. The molecule has 1 atom stereocenters. The van der Waals surface area contributed by atoms with Crippen LogP contribution in [-0.4, -0.2) is 7.05 Å². The average Bonchev–Trinajstić information content (AvgIpc) is 2.44. The van der Waals surface area contributed by atoms with Crippen LogP contribution in [0.5, 0.6) is 0 Å². The van der Waals surface area contributed by atoms with Crippen LogP contribution in [-0.2, 0) is 6.42 Å². The fourth-order valence-corrected chi connectivity index (χ4v) is 2.77. The van der Waals surface area contributed by atoms with E-state index in [1.165, 1.54) is 12.1 Å². The van der Waals surface area contributed by atoms with Crippen molar-refractivity contribution in [2.75, 3.05) is 7.05 Å². The third kappa shape index (κ3) is 3.19. The Morgan fingerprint density at radius 3 is 2.50 bits per heavy atom. The normalized spacial score (nSPS) is 12.4. The lowest BCUT2D eigenvalue weighted by Crippen LogP contribution is -2.20. The number of hydrogen-bond donors (Lipinski definition) is 1. The van der Waals surface area contributed by atoms with Gasteiger partial charge in [-0.25, -0.2) is 8.78 Å². The second kappa shape index (κ2) is 6.66. The van der Waals surface area contributed by atoms with Crippen LogP contribution in [0.1, 0.15) is 17.2 Å². The van der Waals surface area contributed by atoms with E-state index in [9.17, 15) is 8.78 Å². The van der Waals surface area contributed by atoms with E-state index in [-0.39, 0.29) is 16.9 Å². The Labute approximate surface area is 130 Å². The maximum atomic E-state index is 13.5. The minimum atomic E-state index is -0.456. The van der Waals surface area contributed by atoms with Crippen molar-refractivity contribution in [1.29, 1.82) is 0 Å². The van der Waals surface area contributed by atoms with Crippen LogP contribution in [0.2, 0.25) is 5.02 Å². The standard InChI is InChI=1S/C15H13BrClF2N/c1-20-13(10-5-3-7-12(19)15(10)17)8-9-4-2-6-11(18)14(9)16/h2-7,13,20H,8H2,1H3. The molecule has 0 amide bonds. The molecule has 20 heavy (non-hydrogen) atoms. The van der Waals surface area contributed by atoms with Crippen LogP contribution < -0.4 is 5.32 Å². The molecule has 2 rings (SSSR count). The molecule has 1 nitrogen and oxygen atoms in total. The molecule has 106 valence electrons. The lowest BCUT2D eigenvalue weighted by atomic mass is 9.98. The second-order valence-electron chi connectivity index (χ2n) is 4.40. The summed E-state index contributed by atoms with van der Waals surface area (Å²) >= 11 is 9.24. The highest BCUT2D eigenvalue weighted by Crippen LogP contribution is 2.30. The Bertz CT molecular complexity index is 619. The van der Waals surface area contributed by atoms with Gasteiger partial charge in [0.25, 0.3) is 0 Å². The Morgan fingerprint density at radius 2 is 1.80 bits per heavy atom. The Balaban J connectivity index is 2.34. The predicted octanol–water partition coefficient (Wildman–Crippen LogP) is 4.88. The third-order valence-corrected chi connectivity index (χ3v) is 4.45. The van der Waals surface area contributed by atoms with Crippen molar-refractivity contribution >= 4 is 27.5 Å². The fourth-order valence-electron chi connectivity index (χ4n) is 2.08. The maximum absolute atomic E-state index is 13.5. The highest BCUT2D eigenvalue weighted by Gasteiger charge is 2.17. The number of benzene rings is 2. The van der Waals surface area contributed by atoms with Crippen molar-refractivity contribution < 1.29 is 8.78 Å². The van der Waals surface area contributed by atoms with E-state index in [1.54, 1.807) is 25.2 Å². The second-order valence-corrected chi connectivity index (χ2v) is 5.57. The van der Waals surface area contributed by atoms with Gasteiger partial charge in [-0.05, 0) is 52.7 Å².